The molecule has 4 nitrogen and oxygen atoms in total. The second-order valence-corrected chi connectivity index (χ2v) is 8.80. The van der Waals surface area contributed by atoms with E-state index < -0.39 is 0 Å². The fraction of sp³-hybridized carbons (Fsp3) is 0.520. The molecule has 1 saturated heterocycles. The number of benzene rings is 2. The Bertz CT molecular complexity index is 780. The molecular weight excluding hydrogens is 360 g/mol. The molecule has 29 heavy (non-hydrogen) atoms. The molecule has 0 aromatic heterocycles. The number of quaternary nitrogens is 2. The highest BCUT2D eigenvalue weighted by molar-refractivity contribution is 5.42. The molecule has 0 radical (unpaired) electrons. The van der Waals surface area contributed by atoms with Gasteiger partial charge in [0.05, 0.1) is 40.4 Å². The largest absolute Gasteiger partial charge is 0.493 e. The molecule has 1 fully saturated rings. The van der Waals surface area contributed by atoms with E-state index in [4.69, 9.17) is 9.47 Å². The molecule has 1 unspecified atom stereocenters. The summed E-state index contributed by atoms with van der Waals surface area (Å²) in [6.07, 6.45) is 2.47. The van der Waals surface area contributed by atoms with E-state index in [1.54, 1.807) is 19.1 Å². The molecule has 0 spiro atoms. The van der Waals surface area contributed by atoms with Crippen LogP contribution in [0, 0.1) is 5.92 Å². The standard InChI is InChI=1S/C25H36N2O2/c1-19-18-27(3)20(2)16-25(19,22-9-7-6-8-10-22)13-14-26-17-21-11-12-23(28-4)24(15-21)29-5/h6-12,15,19-20,26H,13-14,16-18H2,1-5H3/p+2/t19-,20-,25+/m1/s1. The van der Waals surface area contributed by atoms with Crippen LogP contribution in [-0.2, 0) is 12.0 Å². The van der Waals surface area contributed by atoms with Gasteiger partial charge >= 0.3 is 0 Å². The average Bonchev–Trinajstić information content (AvgIpc) is 2.75. The number of nitrogens with one attached hydrogen (secondary N) is 1. The molecule has 0 bridgehead atoms. The monoisotopic (exact) mass is 398 g/mol. The zero-order chi connectivity index (χ0) is 20.9. The first-order chi connectivity index (χ1) is 14.0. The van der Waals surface area contributed by atoms with Gasteiger partial charge in [0.1, 0.15) is 6.54 Å². The van der Waals surface area contributed by atoms with Crippen molar-refractivity contribution in [1.29, 1.82) is 0 Å². The average molecular weight is 399 g/mol. The lowest BCUT2D eigenvalue weighted by Gasteiger charge is -2.47. The number of rotatable bonds is 8. The van der Waals surface area contributed by atoms with Crippen molar-refractivity contribution in [2.24, 2.45) is 5.92 Å². The van der Waals surface area contributed by atoms with E-state index in [2.05, 4.69) is 68.7 Å². The summed E-state index contributed by atoms with van der Waals surface area (Å²) in [6.45, 7) is 8.19. The predicted molar refractivity (Wildman–Crippen MR) is 118 cm³/mol. The van der Waals surface area contributed by atoms with E-state index in [-0.39, 0.29) is 5.41 Å². The van der Waals surface area contributed by atoms with Crippen LogP contribution >= 0.6 is 0 Å². The van der Waals surface area contributed by atoms with Crippen molar-refractivity contribution >= 4 is 0 Å². The Morgan fingerprint density at radius 1 is 1.03 bits per heavy atom. The van der Waals surface area contributed by atoms with E-state index in [9.17, 15) is 0 Å². The summed E-state index contributed by atoms with van der Waals surface area (Å²) >= 11 is 0. The molecule has 3 N–H and O–H groups in total. The topological polar surface area (TPSA) is 39.5 Å². The van der Waals surface area contributed by atoms with Crippen molar-refractivity contribution in [2.45, 2.75) is 44.7 Å². The molecule has 1 aliphatic rings. The maximum atomic E-state index is 5.45. The third-order valence-corrected chi connectivity index (χ3v) is 7.05. The van der Waals surface area contributed by atoms with Gasteiger partial charge in [0, 0.05) is 29.7 Å². The lowest BCUT2D eigenvalue weighted by atomic mass is 9.63. The Balaban J connectivity index is 1.69. The van der Waals surface area contributed by atoms with Gasteiger partial charge in [0.25, 0.3) is 0 Å². The Kier molecular flexibility index (Phi) is 7.20. The van der Waals surface area contributed by atoms with Crippen molar-refractivity contribution in [3.05, 3.63) is 59.7 Å². The maximum Gasteiger partial charge on any atom is 0.161 e. The minimum atomic E-state index is 0.272. The second-order valence-electron chi connectivity index (χ2n) is 8.80. The minimum absolute atomic E-state index is 0.272. The number of methoxy groups -OCH3 is 2. The van der Waals surface area contributed by atoms with Gasteiger partial charge in [-0.1, -0.05) is 37.3 Å². The Morgan fingerprint density at radius 3 is 2.45 bits per heavy atom. The van der Waals surface area contributed by atoms with Crippen LogP contribution in [0.2, 0.25) is 0 Å². The third kappa shape index (κ3) is 4.76. The quantitative estimate of drug-likeness (QED) is 0.668. The molecule has 4 atom stereocenters. The lowest BCUT2D eigenvalue weighted by Crippen LogP contribution is -3.15. The van der Waals surface area contributed by atoms with Gasteiger partial charge in [-0.25, -0.2) is 0 Å². The molecule has 1 aliphatic heterocycles. The molecule has 158 valence electrons. The predicted octanol–water partition coefficient (Wildman–Crippen LogP) is 2.04. The normalized spacial score (nSPS) is 26.9. The van der Waals surface area contributed by atoms with Crippen LogP contribution in [0.15, 0.2) is 48.5 Å². The van der Waals surface area contributed by atoms with Crippen molar-refractivity contribution in [2.75, 3.05) is 34.4 Å². The van der Waals surface area contributed by atoms with Gasteiger partial charge in [0.15, 0.2) is 11.5 Å². The van der Waals surface area contributed by atoms with Crippen LogP contribution in [-0.4, -0.2) is 40.4 Å². The van der Waals surface area contributed by atoms with Crippen molar-refractivity contribution < 1.29 is 19.7 Å². The van der Waals surface area contributed by atoms with Gasteiger partial charge in [-0.05, 0) is 30.7 Å². The zero-order valence-corrected chi connectivity index (χ0v) is 18.7. The molecule has 2 aromatic rings. The SMILES string of the molecule is COc1ccc(C[NH2+]CC[C@]2(c3ccccc3)C[C@@H](C)[NH+](C)C[C@H]2C)cc1OC. The van der Waals surface area contributed by atoms with Crippen LogP contribution in [0.3, 0.4) is 0 Å². The first-order valence-corrected chi connectivity index (χ1v) is 10.9. The summed E-state index contributed by atoms with van der Waals surface area (Å²) in [4.78, 5) is 1.67. The van der Waals surface area contributed by atoms with Crippen LogP contribution in [0.25, 0.3) is 0 Å². The smallest absolute Gasteiger partial charge is 0.161 e. The number of hydrogen-bond donors (Lipinski definition) is 2. The van der Waals surface area contributed by atoms with E-state index in [0.29, 0.717) is 12.0 Å². The molecule has 1 heterocycles. The molecule has 4 heteroatoms. The van der Waals surface area contributed by atoms with Gasteiger partial charge in [-0.3, -0.25) is 0 Å². The number of ether oxygens (including phenoxy) is 2. The maximum absolute atomic E-state index is 5.45. The fourth-order valence-electron chi connectivity index (χ4n) is 5.10. The van der Waals surface area contributed by atoms with Crippen molar-refractivity contribution in [3.63, 3.8) is 0 Å². The Morgan fingerprint density at radius 2 is 1.76 bits per heavy atom. The molecule has 3 rings (SSSR count). The fourth-order valence-corrected chi connectivity index (χ4v) is 5.10. The molecule has 0 amide bonds. The lowest BCUT2D eigenvalue weighted by molar-refractivity contribution is -0.915. The minimum Gasteiger partial charge on any atom is -0.493 e. The molecule has 0 aliphatic carbocycles. The van der Waals surface area contributed by atoms with Crippen molar-refractivity contribution in [3.8, 4) is 11.5 Å². The van der Waals surface area contributed by atoms with Crippen LogP contribution in [0.5, 0.6) is 11.5 Å². The van der Waals surface area contributed by atoms with Crippen LogP contribution in [0.4, 0.5) is 0 Å². The summed E-state index contributed by atoms with van der Waals surface area (Å²) in [6, 6.07) is 18.1. The summed E-state index contributed by atoms with van der Waals surface area (Å²) in [7, 11) is 5.72. The number of nitrogens with two attached hydrogens (primary N) is 1. The zero-order valence-electron chi connectivity index (χ0n) is 18.7. The van der Waals surface area contributed by atoms with E-state index in [0.717, 1.165) is 24.6 Å². The van der Waals surface area contributed by atoms with E-state index in [1.807, 2.05) is 6.07 Å². The van der Waals surface area contributed by atoms with Gasteiger partial charge in [0.2, 0.25) is 0 Å². The Labute approximate surface area is 176 Å². The first kappa shape index (κ1) is 21.7. The molecular formula is C25H38N2O2+2. The van der Waals surface area contributed by atoms with E-state index >= 15 is 0 Å². The van der Waals surface area contributed by atoms with Crippen LogP contribution < -0.4 is 19.7 Å². The summed E-state index contributed by atoms with van der Waals surface area (Å²) in [5.41, 5.74) is 3.06. The number of piperidine rings is 1. The van der Waals surface area contributed by atoms with Gasteiger partial charge in [-0.15, -0.1) is 0 Å². The second kappa shape index (κ2) is 9.64. The van der Waals surface area contributed by atoms with Gasteiger partial charge < -0.3 is 19.7 Å². The highest BCUT2D eigenvalue weighted by Gasteiger charge is 2.46. The van der Waals surface area contributed by atoms with Crippen molar-refractivity contribution in [1.82, 2.24) is 0 Å². The van der Waals surface area contributed by atoms with Gasteiger partial charge in [-0.2, -0.15) is 0 Å². The number of likely N-dealkylation sites (tertiary alicyclic amines) is 1. The summed E-state index contributed by atoms with van der Waals surface area (Å²) in [5.74, 6) is 2.27. The summed E-state index contributed by atoms with van der Waals surface area (Å²) < 4.78 is 10.8. The number of hydrogen-bond acceptors (Lipinski definition) is 2. The van der Waals surface area contributed by atoms with Crippen LogP contribution in [0.1, 0.15) is 37.8 Å². The summed E-state index contributed by atoms with van der Waals surface area (Å²) in [5, 5.41) is 2.44. The first-order valence-electron chi connectivity index (χ1n) is 10.9. The molecule has 2 aromatic carbocycles. The highest BCUT2D eigenvalue weighted by Crippen LogP contribution is 2.40. The van der Waals surface area contributed by atoms with E-state index in [1.165, 1.54) is 30.5 Å². The Hall–Kier alpha value is -2.04. The third-order valence-electron chi connectivity index (χ3n) is 7.05. The molecule has 0 saturated carbocycles. The highest BCUT2D eigenvalue weighted by atomic mass is 16.5.